The fourth-order valence-electron chi connectivity index (χ4n) is 2.12. The Hall–Kier alpha value is -1.14. The van der Waals surface area contributed by atoms with Crippen LogP contribution in [-0.4, -0.2) is 24.1 Å². The highest BCUT2D eigenvalue weighted by molar-refractivity contribution is 9.10. The molecule has 1 aliphatic rings. The molecule has 1 N–H and O–H groups in total. The first kappa shape index (κ1) is 13.3. The van der Waals surface area contributed by atoms with Crippen molar-refractivity contribution in [3.63, 3.8) is 0 Å². The van der Waals surface area contributed by atoms with Crippen LogP contribution in [0, 0.1) is 17.0 Å². The van der Waals surface area contributed by atoms with Gasteiger partial charge in [0.2, 0.25) is 0 Å². The third-order valence-electron chi connectivity index (χ3n) is 3.01. The molecule has 1 fully saturated rings. The average Bonchev–Trinajstić information content (AvgIpc) is 2.79. The Morgan fingerprint density at radius 2 is 2.39 bits per heavy atom. The van der Waals surface area contributed by atoms with E-state index in [1.54, 1.807) is 0 Å². The molecular weight excluding hydrogens is 300 g/mol. The van der Waals surface area contributed by atoms with Crippen molar-refractivity contribution < 1.29 is 9.66 Å². The highest BCUT2D eigenvalue weighted by atomic mass is 79.9. The maximum absolute atomic E-state index is 11.0. The first-order valence-corrected chi connectivity index (χ1v) is 6.68. The summed E-state index contributed by atoms with van der Waals surface area (Å²) < 4.78 is 6.34. The molecule has 1 aromatic rings. The first-order valence-electron chi connectivity index (χ1n) is 5.88. The van der Waals surface area contributed by atoms with E-state index in [0.717, 1.165) is 24.9 Å². The van der Waals surface area contributed by atoms with Crippen LogP contribution in [0.25, 0.3) is 0 Å². The molecule has 18 heavy (non-hydrogen) atoms. The van der Waals surface area contributed by atoms with Crippen LogP contribution >= 0.6 is 15.9 Å². The zero-order chi connectivity index (χ0) is 13.1. The summed E-state index contributed by atoms with van der Waals surface area (Å²) in [5.74, 6) is 0.372. The van der Waals surface area contributed by atoms with Gasteiger partial charge in [0.25, 0.3) is 0 Å². The second-order valence-corrected chi connectivity index (χ2v) is 5.35. The highest BCUT2D eigenvalue weighted by Crippen LogP contribution is 2.34. The zero-order valence-electron chi connectivity index (χ0n) is 10.1. The minimum absolute atomic E-state index is 0.0138. The van der Waals surface area contributed by atoms with Crippen LogP contribution in [0.4, 0.5) is 5.69 Å². The SMILES string of the molecule is Cc1cc(Br)cc([N+](=O)[O-])c1OC[C@H]1CCCN1. The van der Waals surface area contributed by atoms with Gasteiger partial charge in [-0.1, -0.05) is 15.9 Å². The molecule has 5 nitrogen and oxygen atoms in total. The summed E-state index contributed by atoms with van der Waals surface area (Å²) in [7, 11) is 0. The van der Waals surface area contributed by atoms with Crippen LogP contribution in [0.3, 0.4) is 0 Å². The quantitative estimate of drug-likeness (QED) is 0.685. The van der Waals surface area contributed by atoms with Crippen molar-refractivity contribution in [3.8, 4) is 5.75 Å². The number of halogens is 1. The highest BCUT2D eigenvalue weighted by Gasteiger charge is 2.21. The maximum atomic E-state index is 11.0. The van der Waals surface area contributed by atoms with Gasteiger partial charge in [0.15, 0.2) is 5.75 Å². The first-order chi connectivity index (χ1) is 8.58. The van der Waals surface area contributed by atoms with E-state index in [4.69, 9.17) is 4.74 Å². The summed E-state index contributed by atoms with van der Waals surface area (Å²) in [5.41, 5.74) is 0.786. The van der Waals surface area contributed by atoms with Crippen molar-refractivity contribution >= 4 is 21.6 Å². The molecule has 0 bridgehead atoms. The van der Waals surface area contributed by atoms with Gasteiger partial charge in [-0.15, -0.1) is 0 Å². The number of aryl methyl sites for hydroxylation is 1. The van der Waals surface area contributed by atoms with Gasteiger partial charge in [0.1, 0.15) is 6.61 Å². The van der Waals surface area contributed by atoms with Gasteiger partial charge in [-0.2, -0.15) is 0 Å². The van der Waals surface area contributed by atoms with E-state index in [1.165, 1.54) is 6.07 Å². The van der Waals surface area contributed by atoms with Gasteiger partial charge in [-0.05, 0) is 37.9 Å². The lowest BCUT2D eigenvalue weighted by molar-refractivity contribution is -0.386. The van der Waals surface area contributed by atoms with Crippen molar-refractivity contribution in [1.29, 1.82) is 0 Å². The third kappa shape index (κ3) is 3.00. The van der Waals surface area contributed by atoms with Crippen LogP contribution in [0.2, 0.25) is 0 Å². The number of rotatable bonds is 4. The molecule has 1 atom stereocenters. The summed E-state index contributed by atoms with van der Waals surface area (Å²) >= 11 is 3.26. The molecule has 0 aromatic heterocycles. The van der Waals surface area contributed by atoms with Gasteiger partial charge < -0.3 is 10.1 Å². The van der Waals surface area contributed by atoms with Crippen LogP contribution in [0.15, 0.2) is 16.6 Å². The average molecular weight is 315 g/mol. The molecule has 1 saturated heterocycles. The Morgan fingerprint density at radius 1 is 1.61 bits per heavy atom. The van der Waals surface area contributed by atoms with Crippen molar-refractivity contribution in [3.05, 3.63) is 32.3 Å². The van der Waals surface area contributed by atoms with Crippen molar-refractivity contribution in [2.24, 2.45) is 0 Å². The van der Waals surface area contributed by atoms with E-state index in [1.807, 2.05) is 13.0 Å². The predicted molar refractivity (Wildman–Crippen MR) is 72.1 cm³/mol. The number of nitrogens with zero attached hydrogens (tertiary/aromatic N) is 1. The summed E-state index contributed by atoms with van der Waals surface area (Å²) in [6.07, 6.45) is 2.19. The van der Waals surface area contributed by atoms with E-state index >= 15 is 0 Å². The number of nitro benzene ring substituents is 1. The standard InChI is InChI=1S/C12H15BrN2O3/c1-8-5-9(13)6-11(15(16)17)12(8)18-7-10-3-2-4-14-10/h5-6,10,14H,2-4,7H2,1H3/t10-/m1/s1. The Kier molecular flexibility index (Phi) is 4.19. The van der Waals surface area contributed by atoms with E-state index in [2.05, 4.69) is 21.2 Å². The molecular formula is C12H15BrN2O3. The lowest BCUT2D eigenvalue weighted by atomic mass is 10.2. The molecule has 6 heteroatoms. The van der Waals surface area contributed by atoms with Gasteiger partial charge in [0.05, 0.1) is 4.92 Å². The summed E-state index contributed by atoms with van der Waals surface area (Å²) in [6, 6.07) is 3.60. The predicted octanol–water partition coefficient (Wildman–Crippen LogP) is 2.80. The number of benzene rings is 1. The fraction of sp³-hybridized carbons (Fsp3) is 0.500. The Bertz CT molecular complexity index is 459. The number of nitrogens with one attached hydrogen (secondary N) is 1. The Labute approximate surface area is 114 Å². The second kappa shape index (κ2) is 5.67. The smallest absolute Gasteiger partial charge is 0.312 e. The molecule has 0 aliphatic carbocycles. The van der Waals surface area contributed by atoms with Crippen molar-refractivity contribution in [2.75, 3.05) is 13.2 Å². The van der Waals surface area contributed by atoms with E-state index in [-0.39, 0.29) is 5.69 Å². The molecule has 0 radical (unpaired) electrons. The molecule has 1 heterocycles. The van der Waals surface area contributed by atoms with E-state index < -0.39 is 4.92 Å². The largest absolute Gasteiger partial charge is 0.485 e. The lowest BCUT2D eigenvalue weighted by Gasteiger charge is -2.14. The van der Waals surface area contributed by atoms with Gasteiger partial charge in [0, 0.05) is 16.6 Å². The van der Waals surface area contributed by atoms with Crippen molar-refractivity contribution in [2.45, 2.75) is 25.8 Å². The van der Waals surface area contributed by atoms with Crippen LogP contribution in [-0.2, 0) is 0 Å². The number of hydrogen-bond acceptors (Lipinski definition) is 4. The molecule has 1 aliphatic heterocycles. The minimum atomic E-state index is -0.408. The Balaban J connectivity index is 2.17. The van der Waals surface area contributed by atoms with E-state index in [0.29, 0.717) is 22.9 Å². The lowest BCUT2D eigenvalue weighted by Crippen LogP contribution is -2.28. The molecule has 1 aromatic carbocycles. The molecule has 0 amide bonds. The molecule has 2 rings (SSSR count). The van der Waals surface area contributed by atoms with Crippen LogP contribution in [0.1, 0.15) is 18.4 Å². The second-order valence-electron chi connectivity index (χ2n) is 4.43. The maximum Gasteiger partial charge on any atom is 0.312 e. The molecule has 0 unspecified atom stereocenters. The van der Waals surface area contributed by atoms with Gasteiger partial charge >= 0.3 is 5.69 Å². The molecule has 98 valence electrons. The van der Waals surface area contributed by atoms with Crippen LogP contribution < -0.4 is 10.1 Å². The summed E-state index contributed by atoms with van der Waals surface area (Å²) in [4.78, 5) is 10.6. The summed E-state index contributed by atoms with van der Waals surface area (Å²) in [5, 5.41) is 14.3. The molecule has 0 spiro atoms. The minimum Gasteiger partial charge on any atom is -0.485 e. The normalized spacial score (nSPS) is 18.9. The monoisotopic (exact) mass is 314 g/mol. The van der Waals surface area contributed by atoms with E-state index in [9.17, 15) is 10.1 Å². The molecule has 0 saturated carbocycles. The topological polar surface area (TPSA) is 64.4 Å². The van der Waals surface area contributed by atoms with Gasteiger partial charge in [-0.3, -0.25) is 10.1 Å². The summed E-state index contributed by atoms with van der Waals surface area (Å²) in [6.45, 7) is 3.29. The number of hydrogen-bond donors (Lipinski definition) is 1. The zero-order valence-corrected chi connectivity index (χ0v) is 11.7. The number of ether oxygens (including phenoxy) is 1. The fourth-order valence-corrected chi connectivity index (χ4v) is 2.68. The van der Waals surface area contributed by atoms with Crippen molar-refractivity contribution in [1.82, 2.24) is 5.32 Å². The third-order valence-corrected chi connectivity index (χ3v) is 3.47. The number of nitro groups is 1. The van der Waals surface area contributed by atoms with Crippen LogP contribution in [0.5, 0.6) is 5.75 Å². The van der Waals surface area contributed by atoms with Gasteiger partial charge in [-0.25, -0.2) is 0 Å². The Morgan fingerprint density at radius 3 is 3.00 bits per heavy atom.